The largest absolute Gasteiger partial charge is 0.378 e. The van der Waals surface area contributed by atoms with E-state index in [-0.39, 0.29) is 5.60 Å². The Morgan fingerprint density at radius 2 is 2.24 bits per heavy atom. The van der Waals surface area contributed by atoms with Crippen LogP contribution in [-0.4, -0.2) is 31.5 Å². The fraction of sp³-hybridized carbons (Fsp3) is 1.00. The lowest BCUT2D eigenvalue weighted by atomic mass is 9.85. The van der Waals surface area contributed by atoms with Gasteiger partial charge in [0.25, 0.3) is 0 Å². The maximum atomic E-state index is 6.35. The maximum absolute atomic E-state index is 6.35. The average molecular weight is 241 g/mol. The Morgan fingerprint density at radius 3 is 2.88 bits per heavy atom. The van der Waals surface area contributed by atoms with Crippen LogP contribution in [0.5, 0.6) is 0 Å². The van der Waals surface area contributed by atoms with E-state index in [2.05, 4.69) is 6.92 Å². The topological polar surface area (TPSA) is 44.5 Å². The molecule has 2 N–H and O–H groups in total. The van der Waals surface area contributed by atoms with E-state index in [0.29, 0.717) is 19.3 Å². The van der Waals surface area contributed by atoms with Crippen LogP contribution in [0, 0.1) is 5.92 Å². The van der Waals surface area contributed by atoms with Crippen LogP contribution in [0.15, 0.2) is 0 Å². The van der Waals surface area contributed by atoms with Gasteiger partial charge in [0.05, 0.1) is 12.7 Å². The van der Waals surface area contributed by atoms with E-state index in [0.717, 1.165) is 25.4 Å². The SMILES string of the molecule is CCC1CCCC(OC2(CN)CCCOC2)C1. The van der Waals surface area contributed by atoms with Crippen LogP contribution in [0.2, 0.25) is 0 Å². The Balaban J connectivity index is 1.88. The first-order valence-electron chi connectivity index (χ1n) is 7.23. The highest BCUT2D eigenvalue weighted by Gasteiger charge is 2.36. The van der Waals surface area contributed by atoms with E-state index in [4.69, 9.17) is 15.2 Å². The maximum Gasteiger partial charge on any atom is 0.104 e. The molecule has 100 valence electrons. The quantitative estimate of drug-likeness (QED) is 0.822. The second-order valence-electron chi connectivity index (χ2n) is 5.72. The van der Waals surface area contributed by atoms with Crippen molar-refractivity contribution in [2.45, 2.75) is 63.6 Å². The molecule has 0 bridgehead atoms. The summed E-state index contributed by atoms with van der Waals surface area (Å²) in [6, 6.07) is 0. The smallest absolute Gasteiger partial charge is 0.104 e. The van der Waals surface area contributed by atoms with E-state index in [9.17, 15) is 0 Å². The Kier molecular flexibility index (Phi) is 4.83. The Labute approximate surface area is 105 Å². The van der Waals surface area contributed by atoms with E-state index in [1.807, 2.05) is 0 Å². The molecule has 3 nitrogen and oxygen atoms in total. The van der Waals surface area contributed by atoms with Crippen LogP contribution in [0.1, 0.15) is 51.9 Å². The lowest BCUT2D eigenvalue weighted by Gasteiger charge is -2.41. The molecule has 2 aliphatic rings. The summed E-state index contributed by atoms with van der Waals surface area (Å²) in [5.74, 6) is 0.855. The van der Waals surface area contributed by atoms with Crippen molar-refractivity contribution >= 4 is 0 Å². The molecule has 0 aromatic rings. The second-order valence-corrected chi connectivity index (χ2v) is 5.72. The van der Waals surface area contributed by atoms with Gasteiger partial charge < -0.3 is 15.2 Å². The molecule has 3 unspecified atom stereocenters. The van der Waals surface area contributed by atoms with Crippen LogP contribution < -0.4 is 5.73 Å². The molecule has 0 spiro atoms. The van der Waals surface area contributed by atoms with E-state index < -0.39 is 0 Å². The zero-order valence-electron chi connectivity index (χ0n) is 11.1. The van der Waals surface area contributed by atoms with Crippen molar-refractivity contribution in [2.75, 3.05) is 19.8 Å². The van der Waals surface area contributed by atoms with Crippen LogP contribution in [0.4, 0.5) is 0 Å². The van der Waals surface area contributed by atoms with Crippen LogP contribution in [-0.2, 0) is 9.47 Å². The highest BCUT2D eigenvalue weighted by Crippen LogP contribution is 2.33. The summed E-state index contributed by atoms with van der Waals surface area (Å²) in [5.41, 5.74) is 5.74. The number of nitrogens with two attached hydrogens (primary N) is 1. The third-order valence-corrected chi connectivity index (χ3v) is 4.39. The van der Waals surface area contributed by atoms with Crippen molar-refractivity contribution in [1.29, 1.82) is 0 Å². The fourth-order valence-corrected chi connectivity index (χ4v) is 3.20. The van der Waals surface area contributed by atoms with Crippen molar-refractivity contribution < 1.29 is 9.47 Å². The van der Waals surface area contributed by atoms with Crippen molar-refractivity contribution in [2.24, 2.45) is 11.7 Å². The summed E-state index contributed by atoms with van der Waals surface area (Å²) < 4.78 is 11.9. The van der Waals surface area contributed by atoms with Gasteiger partial charge in [0, 0.05) is 13.2 Å². The Hall–Kier alpha value is -0.120. The summed E-state index contributed by atoms with van der Waals surface area (Å²) in [4.78, 5) is 0. The first kappa shape index (κ1) is 13.3. The van der Waals surface area contributed by atoms with Crippen molar-refractivity contribution in [3.63, 3.8) is 0 Å². The van der Waals surface area contributed by atoms with Crippen LogP contribution >= 0.6 is 0 Å². The van der Waals surface area contributed by atoms with E-state index in [1.165, 1.54) is 32.1 Å². The predicted octanol–water partition coefficient (Wildman–Crippen LogP) is 2.48. The predicted molar refractivity (Wildman–Crippen MR) is 69.0 cm³/mol. The highest BCUT2D eigenvalue weighted by molar-refractivity contribution is 4.87. The normalized spacial score (nSPS) is 39.2. The molecular formula is C14H27NO2. The molecule has 2 rings (SSSR count). The van der Waals surface area contributed by atoms with Crippen LogP contribution in [0.25, 0.3) is 0 Å². The van der Waals surface area contributed by atoms with E-state index >= 15 is 0 Å². The van der Waals surface area contributed by atoms with Crippen molar-refractivity contribution in [3.05, 3.63) is 0 Å². The minimum absolute atomic E-state index is 0.182. The van der Waals surface area contributed by atoms with Gasteiger partial charge in [0.15, 0.2) is 0 Å². The summed E-state index contributed by atoms with van der Waals surface area (Å²) in [6.07, 6.45) is 8.96. The number of hydrogen-bond acceptors (Lipinski definition) is 3. The molecule has 0 radical (unpaired) electrons. The van der Waals surface area contributed by atoms with Gasteiger partial charge in [0.1, 0.15) is 5.60 Å². The highest BCUT2D eigenvalue weighted by atomic mass is 16.6. The minimum atomic E-state index is -0.182. The summed E-state index contributed by atoms with van der Waals surface area (Å²) in [6.45, 7) is 4.44. The molecular weight excluding hydrogens is 214 g/mol. The van der Waals surface area contributed by atoms with Gasteiger partial charge in [-0.3, -0.25) is 0 Å². The average Bonchev–Trinajstić information content (AvgIpc) is 2.40. The lowest BCUT2D eigenvalue weighted by molar-refractivity contribution is -0.163. The number of rotatable bonds is 4. The second kappa shape index (κ2) is 6.17. The van der Waals surface area contributed by atoms with Gasteiger partial charge in [-0.25, -0.2) is 0 Å². The zero-order valence-corrected chi connectivity index (χ0v) is 11.1. The molecule has 1 saturated heterocycles. The minimum Gasteiger partial charge on any atom is -0.378 e. The van der Waals surface area contributed by atoms with Gasteiger partial charge in [-0.15, -0.1) is 0 Å². The summed E-state index contributed by atoms with van der Waals surface area (Å²) in [5, 5.41) is 0. The third-order valence-electron chi connectivity index (χ3n) is 4.39. The van der Waals surface area contributed by atoms with Gasteiger partial charge in [-0.05, 0) is 31.6 Å². The Bertz CT molecular complexity index is 226. The molecule has 1 aliphatic heterocycles. The molecule has 3 atom stereocenters. The molecule has 1 saturated carbocycles. The van der Waals surface area contributed by atoms with Gasteiger partial charge in [-0.2, -0.15) is 0 Å². The van der Waals surface area contributed by atoms with Gasteiger partial charge >= 0.3 is 0 Å². The molecule has 0 amide bonds. The first-order valence-corrected chi connectivity index (χ1v) is 7.23. The molecule has 3 heteroatoms. The number of hydrogen-bond donors (Lipinski definition) is 1. The summed E-state index contributed by atoms with van der Waals surface area (Å²) >= 11 is 0. The zero-order chi connectivity index (χ0) is 12.1. The first-order chi connectivity index (χ1) is 8.28. The number of ether oxygens (including phenoxy) is 2. The molecule has 17 heavy (non-hydrogen) atoms. The molecule has 0 aromatic heterocycles. The third kappa shape index (κ3) is 3.43. The Morgan fingerprint density at radius 1 is 1.35 bits per heavy atom. The van der Waals surface area contributed by atoms with Gasteiger partial charge in [-0.1, -0.05) is 26.2 Å². The van der Waals surface area contributed by atoms with Gasteiger partial charge in [0.2, 0.25) is 0 Å². The lowest BCUT2D eigenvalue weighted by Crippen LogP contribution is -2.50. The molecule has 1 heterocycles. The van der Waals surface area contributed by atoms with E-state index in [1.54, 1.807) is 0 Å². The monoisotopic (exact) mass is 241 g/mol. The standard InChI is InChI=1S/C14H27NO2/c1-2-12-5-3-6-13(9-12)17-14(10-15)7-4-8-16-11-14/h12-13H,2-11,15H2,1H3. The van der Waals surface area contributed by atoms with Crippen molar-refractivity contribution in [3.8, 4) is 0 Å². The molecule has 2 fully saturated rings. The molecule has 1 aliphatic carbocycles. The van der Waals surface area contributed by atoms with Crippen LogP contribution in [0.3, 0.4) is 0 Å². The fourth-order valence-electron chi connectivity index (χ4n) is 3.20. The van der Waals surface area contributed by atoms with Crippen molar-refractivity contribution in [1.82, 2.24) is 0 Å². The molecule has 0 aromatic carbocycles. The summed E-state index contributed by atoms with van der Waals surface area (Å²) in [7, 11) is 0.